The third kappa shape index (κ3) is 2.34. The molecule has 16 heavy (non-hydrogen) atoms. The van der Waals surface area contributed by atoms with Crippen LogP contribution in [0, 0.1) is 13.8 Å². The highest BCUT2D eigenvalue weighted by molar-refractivity contribution is 5.82. The Bertz CT molecular complexity index is 501. The topological polar surface area (TPSA) is 25.2 Å². The van der Waals surface area contributed by atoms with E-state index in [1.807, 2.05) is 30.5 Å². The summed E-state index contributed by atoms with van der Waals surface area (Å²) in [6.45, 7) is 4.19. The lowest BCUT2D eigenvalue weighted by Gasteiger charge is -2.02. The van der Waals surface area contributed by atoms with Gasteiger partial charge in [-0.15, -0.1) is 0 Å². The zero-order chi connectivity index (χ0) is 11.4. The molecular formula is C14H14N2. The summed E-state index contributed by atoms with van der Waals surface area (Å²) >= 11 is 0. The number of aromatic nitrogens is 1. The van der Waals surface area contributed by atoms with Gasteiger partial charge in [0.1, 0.15) is 0 Å². The molecule has 2 nitrogen and oxygen atoms in total. The van der Waals surface area contributed by atoms with Crippen LogP contribution in [0.4, 0.5) is 5.69 Å². The van der Waals surface area contributed by atoms with Gasteiger partial charge in [0.15, 0.2) is 0 Å². The van der Waals surface area contributed by atoms with Crippen molar-refractivity contribution in [3.63, 3.8) is 0 Å². The first-order chi connectivity index (χ1) is 7.77. The molecule has 0 aliphatic heterocycles. The molecule has 0 radical (unpaired) electrons. The molecule has 0 fully saturated rings. The van der Waals surface area contributed by atoms with E-state index in [1.54, 1.807) is 12.4 Å². The summed E-state index contributed by atoms with van der Waals surface area (Å²) in [5.74, 6) is 0. The molecule has 0 amide bonds. The number of pyridine rings is 1. The molecule has 2 heteroatoms. The van der Waals surface area contributed by atoms with Crippen LogP contribution < -0.4 is 0 Å². The Morgan fingerprint density at radius 1 is 1.06 bits per heavy atom. The molecule has 0 spiro atoms. The van der Waals surface area contributed by atoms with Gasteiger partial charge < -0.3 is 0 Å². The zero-order valence-electron chi connectivity index (χ0n) is 9.51. The van der Waals surface area contributed by atoms with Gasteiger partial charge >= 0.3 is 0 Å². The van der Waals surface area contributed by atoms with Crippen LogP contribution in [0.3, 0.4) is 0 Å². The molecule has 80 valence electrons. The van der Waals surface area contributed by atoms with Crippen LogP contribution in [0.25, 0.3) is 0 Å². The van der Waals surface area contributed by atoms with Crippen LogP contribution in [0.5, 0.6) is 0 Å². The van der Waals surface area contributed by atoms with E-state index in [-0.39, 0.29) is 0 Å². The van der Waals surface area contributed by atoms with Crippen molar-refractivity contribution >= 4 is 11.9 Å². The number of nitrogens with zero attached hydrogens (tertiary/aromatic N) is 2. The number of hydrogen-bond donors (Lipinski definition) is 0. The first-order valence-electron chi connectivity index (χ1n) is 5.27. The monoisotopic (exact) mass is 210 g/mol. The third-order valence-corrected chi connectivity index (χ3v) is 2.63. The smallest absolute Gasteiger partial charge is 0.0661 e. The van der Waals surface area contributed by atoms with E-state index in [9.17, 15) is 0 Å². The van der Waals surface area contributed by atoms with Gasteiger partial charge in [-0.05, 0) is 48.7 Å². The van der Waals surface area contributed by atoms with Gasteiger partial charge in [0.05, 0.1) is 5.69 Å². The predicted molar refractivity (Wildman–Crippen MR) is 67.4 cm³/mol. The van der Waals surface area contributed by atoms with Gasteiger partial charge in [-0.1, -0.05) is 12.1 Å². The lowest BCUT2D eigenvalue weighted by molar-refractivity contribution is 1.31. The van der Waals surface area contributed by atoms with E-state index < -0.39 is 0 Å². The van der Waals surface area contributed by atoms with Gasteiger partial charge in [0, 0.05) is 18.6 Å². The van der Waals surface area contributed by atoms with E-state index in [1.165, 1.54) is 11.1 Å². The molecule has 0 aliphatic rings. The van der Waals surface area contributed by atoms with Crippen molar-refractivity contribution in [2.24, 2.45) is 4.99 Å². The maximum atomic E-state index is 4.48. The summed E-state index contributed by atoms with van der Waals surface area (Å²) < 4.78 is 0. The first-order valence-corrected chi connectivity index (χ1v) is 5.27. The van der Waals surface area contributed by atoms with Crippen LogP contribution in [-0.2, 0) is 0 Å². The first kappa shape index (κ1) is 10.6. The average molecular weight is 210 g/mol. The highest BCUT2D eigenvalue weighted by Crippen LogP contribution is 2.20. The van der Waals surface area contributed by atoms with E-state index in [0.717, 1.165) is 11.3 Å². The van der Waals surface area contributed by atoms with Crippen molar-refractivity contribution in [1.29, 1.82) is 0 Å². The van der Waals surface area contributed by atoms with Gasteiger partial charge in [0.25, 0.3) is 0 Å². The second kappa shape index (κ2) is 4.71. The van der Waals surface area contributed by atoms with Crippen molar-refractivity contribution in [2.45, 2.75) is 13.8 Å². The summed E-state index contributed by atoms with van der Waals surface area (Å²) in [5.41, 5.74) is 4.59. The Morgan fingerprint density at radius 3 is 2.56 bits per heavy atom. The van der Waals surface area contributed by atoms with Crippen LogP contribution in [-0.4, -0.2) is 11.2 Å². The standard InChI is InChI=1S/C14H14N2/c1-11-4-3-5-14(12(11)2)16-10-13-6-8-15-9-7-13/h3-10H,1-2H3. The summed E-state index contributed by atoms with van der Waals surface area (Å²) in [6, 6.07) is 10.0. The Hall–Kier alpha value is -1.96. The Labute approximate surface area is 95.7 Å². The molecule has 1 heterocycles. The lowest BCUT2D eigenvalue weighted by Crippen LogP contribution is -1.83. The van der Waals surface area contributed by atoms with Crippen molar-refractivity contribution in [2.75, 3.05) is 0 Å². The van der Waals surface area contributed by atoms with Crippen LogP contribution in [0.15, 0.2) is 47.7 Å². The third-order valence-electron chi connectivity index (χ3n) is 2.63. The minimum Gasteiger partial charge on any atom is -0.265 e. The Balaban J connectivity index is 2.28. The Morgan fingerprint density at radius 2 is 1.81 bits per heavy atom. The summed E-state index contributed by atoms with van der Waals surface area (Å²) in [7, 11) is 0. The van der Waals surface area contributed by atoms with Gasteiger partial charge in [-0.2, -0.15) is 0 Å². The molecule has 0 N–H and O–H groups in total. The van der Waals surface area contributed by atoms with Gasteiger partial charge in [-0.25, -0.2) is 0 Å². The van der Waals surface area contributed by atoms with Crippen molar-refractivity contribution in [3.8, 4) is 0 Å². The maximum absolute atomic E-state index is 4.48. The predicted octanol–water partition coefficient (Wildman–Crippen LogP) is 3.45. The van der Waals surface area contributed by atoms with Gasteiger partial charge in [-0.3, -0.25) is 9.98 Å². The highest BCUT2D eigenvalue weighted by Gasteiger charge is 1.97. The minimum atomic E-state index is 1.02. The normalized spacial score (nSPS) is 10.9. The van der Waals surface area contributed by atoms with E-state index in [0.29, 0.717) is 0 Å². The van der Waals surface area contributed by atoms with Crippen LogP contribution in [0.2, 0.25) is 0 Å². The number of benzene rings is 1. The fourth-order valence-electron chi connectivity index (χ4n) is 1.47. The number of hydrogen-bond acceptors (Lipinski definition) is 2. The lowest BCUT2D eigenvalue weighted by atomic mass is 10.1. The largest absolute Gasteiger partial charge is 0.265 e. The van der Waals surface area contributed by atoms with Crippen LogP contribution in [0.1, 0.15) is 16.7 Å². The summed E-state index contributed by atoms with van der Waals surface area (Å²) in [5, 5.41) is 0. The quantitative estimate of drug-likeness (QED) is 0.697. The van der Waals surface area contributed by atoms with E-state index in [4.69, 9.17) is 0 Å². The van der Waals surface area contributed by atoms with E-state index >= 15 is 0 Å². The molecule has 2 aromatic rings. The van der Waals surface area contributed by atoms with Gasteiger partial charge in [0.2, 0.25) is 0 Å². The molecule has 1 aromatic carbocycles. The van der Waals surface area contributed by atoms with E-state index in [2.05, 4.69) is 29.9 Å². The molecule has 0 saturated carbocycles. The second-order valence-electron chi connectivity index (χ2n) is 3.76. The molecule has 0 unspecified atom stereocenters. The molecule has 0 saturated heterocycles. The molecule has 2 rings (SSSR count). The minimum absolute atomic E-state index is 1.02. The molecular weight excluding hydrogens is 196 g/mol. The summed E-state index contributed by atoms with van der Waals surface area (Å²) in [4.78, 5) is 8.45. The Kier molecular flexibility index (Phi) is 3.10. The average Bonchev–Trinajstić information content (AvgIpc) is 2.32. The number of aryl methyl sites for hydroxylation is 1. The summed E-state index contributed by atoms with van der Waals surface area (Å²) in [6.07, 6.45) is 5.40. The van der Waals surface area contributed by atoms with Crippen LogP contribution >= 0.6 is 0 Å². The molecule has 1 aromatic heterocycles. The zero-order valence-corrected chi connectivity index (χ0v) is 9.51. The second-order valence-corrected chi connectivity index (χ2v) is 3.76. The maximum Gasteiger partial charge on any atom is 0.0661 e. The number of rotatable bonds is 2. The molecule has 0 atom stereocenters. The SMILES string of the molecule is Cc1cccc(N=Cc2ccncc2)c1C. The highest BCUT2D eigenvalue weighted by atomic mass is 14.7. The molecule has 0 aliphatic carbocycles. The number of aliphatic imine (C=N–C) groups is 1. The van der Waals surface area contributed by atoms with Crippen molar-refractivity contribution < 1.29 is 0 Å². The fourth-order valence-corrected chi connectivity index (χ4v) is 1.47. The molecule has 0 bridgehead atoms. The fraction of sp³-hybridized carbons (Fsp3) is 0.143. The van der Waals surface area contributed by atoms with Crippen molar-refractivity contribution in [3.05, 3.63) is 59.4 Å². The van der Waals surface area contributed by atoms with Crippen molar-refractivity contribution in [1.82, 2.24) is 4.98 Å².